The Bertz CT molecular complexity index is 1040. The Morgan fingerprint density at radius 1 is 1.18 bits per heavy atom. The van der Waals surface area contributed by atoms with Crippen LogP contribution in [-0.4, -0.2) is 32.5 Å². The van der Waals surface area contributed by atoms with Crippen LogP contribution in [0.4, 0.5) is 16.5 Å². The van der Waals surface area contributed by atoms with Gasteiger partial charge in [-0.2, -0.15) is 0 Å². The summed E-state index contributed by atoms with van der Waals surface area (Å²) in [4.78, 5) is 6.37. The van der Waals surface area contributed by atoms with Crippen molar-refractivity contribution in [1.82, 2.24) is 4.98 Å². The molecule has 28 heavy (non-hydrogen) atoms. The molecule has 1 fully saturated rings. The third-order valence-corrected chi connectivity index (χ3v) is 7.04. The highest BCUT2D eigenvalue weighted by Gasteiger charge is 2.24. The Morgan fingerprint density at radius 2 is 2.00 bits per heavy atom. The van der Waals surface area contributed by atoms with Crippen LogP contribution in [0.3, 0.4) is 0 Å². The van der Waals surface area contributed by atoms with Crippen LogP contribution >= 0.6 is 22.9 Å². The summed E-state index contributed by atoms with van der Waals surface area (Å²) in [6.07, 6.45) is 2.53. The van der Waals surface area contributed by atoms with E-state index in [0.717, 1.165) is 25.2 Å². The van der Waals surface area contributed by atoms with Crippen LogP contribution < -0.4 is 14.9 Å². The summed E-state index contributed by atoms with van der Waals surface area (Å²) < 4.78 is 27.4. The van der Waals surface area contributed by atoms with Crippen molar-refractivity contribution in [3.8, 4) is 0 Å². The lowest BCUT2D eigenvalue weighted by molar-refractivity contribution is 0.601. The fraction of sp³-hybridized carbons (Fsp3) is 0.211. The van der Waals surface area contributed by atoms with Gasteiger partial charge in [0, 0.05) is 36.4 Å². The molecule has 1 aliphatic heterocycles. The number of halogens is 1. The van der Waals surface area contributed by atoms with E-state index in [4.69, 9.17) is 11.6 Å². The highest BCUT2D eigenvalue weighted by atomic mass is 35.5. The normalized spacial score (nSPS) is 16.9. The van der Waals surface area contributed by atoms with Crippen LogP contribution in [0.5, 0.6) is 0 Å². The van der Waals surface area contributed by atoms with E-state index >= 15 is 0 Å². The Balaban J connectivity index is 1.44. The van der Waals surface area contributed by atoms with Crippen LogP contribution in [-0.2, 0) is 10.0 Å². The molecule has 1 saturated heterocycles. The summed E-state index contributed by atoms with van der Waals surface area (Å²) in [7, 11) is -3.72. The molecule has 1 atom stereocenters. The molecule has 0 unspecified atom stereocenters. The second-order valence-electron chi connectivity index (χ2n) is 6.50. The number of hydrogen-bond acceptors (Lipinski definition) is 6. The highest BCUT2D eigenvalue weighted by molar-refractivity contribution is 7.93. The molecular formula is C19H19ClN4O2S2. The van der Waals surface area contributed by atoms with E-state index in [0.29, 0.717) is 10.2 Å². The van der Waals surface area contributed by atoms with Crippen LogP contribution in [0.15, 0.2) is 65.0 Å². The van der Waals surface area contributed by atoms with Crippen LogP contribution in [0, 0.1) is 0 Å². The van der Waals surface area contributed by atoms with Gasteiger partial charge in [-0.25, -0.2) is 13.4 Å². The fourth-order valence-corrected chi connectivity index (χ4v) is 5.31. The van der Waals surface area contributed by atoms with Gasteiger partial charge in [-0.05, 0) is 36.8 Å². The molecule has 0 saturated carbocycles. The average Bonchev–Trinajstić information content (AvgIpc) is 3.36. The lowest BCUT2D eigenvalue weighted by Crippen LogP contribution is -2.26. The third kappa shape index (κ3) is 4.24. The van der Waals surface area contributed by atoms with Crippen LogP contribution in [0.1, 0.15) is 6.42 Å². The molecule has 1 aliphatic rings. The number of para-hydroxylation sites is 1. The van der Waals surface area contributed by atoms with Crippen molar-refractivity contribution in [3.63, 3.8) is 0 Å². The summed E-state index contributed by atoms with van der Waals surface area (Å²) in [6.45, 7) is 1.83. The number of thiazole rings is 1. The maximum absolute atomic E-state index is 12.5. The summed E-state index contributed by atoms with van der Waals surface area (Å²) in [5.41, 5.74) is 1.93. The van der Waals surface area contributed by atoms with Crippen LogP contribution in [0.25, 0.3) is 0 Å². The average molecular weight is 435 g/mol. The monoisotopic (exact) mass is 434 g/mol. The molecule has 4 rings (SSSR count). The SMILES string of the molecule is O=S(=O)(Nc1nccs1)c1ccc(N[C@@H]2CCN(c3ccccc3)C2)c(Cl)c1. The molecule has 2 N–H and O–H groups in total. The maximum Gasteiger partial charge on any atom is 0.263 e. The summed E-state index contributed by atoms with van der Waals surface area (Å²) in [5.74, 6) is 0. The number of hydrogen-bond donors (Lipinski definition) is 2. The second-order valence-corrected chi connectivity index (χ2v) is 9.48. The first kappa shape index (κ1) is 19.0. The molecule has 0 bridgehead atoms. The van der Waals surface area contributed by atoms with Crippen molar-refractivity contribution in [2.75, 3.05) is 28.0 Å². The number of aromatic nitrogens is 1. The fourth-order valence-electron chi connectivity index (χ4n) is 3.20. The third-order valence-electron chi connectivity index (χ3n) is 4.57. The maximum atomic E-state index is 12.5. The number of sulfonamides is 1. The molecule has 0 aliphatic carbocycles. The second kappa shape index (κ2) is 7.98. The van der Waals surface area contributed by atoms with Gasteiger partial charge in [0.2, 0.25) is 0 Å². The van der Waals surface area contributed by atoms with Gasteiger partial charge in [0.1, 0.15) is 0 Å². The van der Waals surface area contributed by atoms with Gasteiger partial charge in [-0.15, -0.1) is 11.3 Å². The number of nitrogens with one attached hydrogen (secondary N) is 2. The highest BCUT2D eigenvalue weighted by Crippen LogP contribution is 2.29. The zero-order valence-electron chi connectivity index (χ0n) is 14.9. The van der Waals surface area contributed by atoms with Gasteiger partial charge in [-0.1, -0.05) is 29.8 Å². The summed E-state index contributed by atoms with van der Waals surface area (Å²) >= 11 is 7.59. The van der Waals surface area contributed by atoms with E-state index in [2.05, 4.69) is 32.1 Å². The van der Waals surface area contributed by atoms with Gasteiger partial charge < -0.3 is 10.2 Å². The minimum atomic E-state index is -3.72. The van der Waals surface area contributed by atoms with Crippen molar-refractivity contribution in [2.24, 2.45) is 0 Å². The molecule has 9 heteroatoms. The minimum Gasteiger partial charge on any atom is -0.379 e. The van der Waals surface area contributed by atoms with E-state index in [1.807, 2.05) is 18.2 Å². The molecule has 146 valence electrons. The molecular weight excluding hydrogens is 416 g/mol. The van der Waals surface area contributed by atoms with E-state index in [1.54, 1.807) is 23.7 Å². The first-order valence-electron chi connectivity index (χ1n) is 8.80. The van der Waals surface area contributed by atoms with Crippen molar-refractivity contribution in [1.29, 1.82) is 0 Å². The predicted molar refractivity (Wildman–Crippen MR) is 115 cm³/mol. The molecule has 0 radical (unpaired) electrons. The Hall–Kier alpha value is -2.29. The topological polar surface area (TPSA) is 74.3 Å². The molecule has 0 amide bonds. The molecule has 2 heterocycles. The lowest BCUT2D eigenvalue weighted by Gasteiger charge is -2.20. The van der Waals surface area contributed by atoms with E-state index in [-0.39, 0.29) is 10.9 Å². The van der Waals surface area contributed by atoms with Crippen molar-refractivity contribution in [3.05, 3.63) is 65.1 Å². The Morgan fingerprint density at radius 3 is 2.71 bits per heavy atom. The van der Waals surface area contributed by atoms with Crippen molar-refractivity contribution >= 4 is 49.5 Å². The van der Waals surface area contributed by atoms with Gasteiger partial charge in [0.25, 0.3) is 10.0 Å². The molecule has 3 aromatic rings. The zero-order chi connectivity index (χ0) is 19.6. The van der Waals surface area contributed by atoms with Gasteiger partial charge in [0.05, 0.1) is 15.6 Å². The largest absolute Gasteiger partial charge is 0.379 e. The number of benzene rings is 2. The lowest BCUT2D eigenvalue weighted by atomic mass is 10.2. The minimum absolute atomic E-state index is 0.107. The first-order valence-corrected chi connectivity index (χ1v) is 11.5. The Kier molecular flexibility index (Phi) is 5.43. The molecule has 6 nitrogen and oxygen atoms in total. The number of rotatable bonds is 6. The van der Waals surface area contributed by atoms with Gasteiger partial charge >= 0.3 is 0 Å². The molecule has 0 spiro atoms. The van der Waals surface area contributed by atoms with Crippen molar-refractivity contribution < 1.29 is 8.42 Å². The summed E-state index contributed by atoms with van der Waals surface area (Å²) in [5, 5.41) is 5.84. The zero-order valence-corrected chi connectivity index (χ0v) is 17.3. The molecule has 1 aromatic heterocycles. The number of anilines is 3. The Labute approximate surface area is 173 Å². The molecule has 2 aromatic carbocycles. The van der Waals surface area contributed by atoms with Crippen molar-refractivity contribution in [2.45, 2.75) is 17.4 Å². The smallest absolute Gasteiger partial charge is 0.263 e. The quantitative estimate of drug-likeness (QED) is 0.605. The first-order chi connectivity index (χ1) is 13.5. The van der Waals surface area contributed by atoms with Crippen LogP contribution in [0.2, 0.25) is 5.02 Å². The van der Waals surface area contributed by atoms with Gasteiger partial charge in [-0.3, -0.25) is 4.72 Å². The van der Waals surface area contributed by atoms with E-state index < -0.39 is 10.0 Å². The predicted octanol–water partition coefficient (Wildman–Crippen LogP) is 4.29. The van der Waals surface area contributed by atoms with E-state index in [9.17, 15) is 8.42 Å². The standard InChI is InChI=1S/C19H19ClN4O2S2/c20-17-12-16(28(25,26)23-19-21-9-11-27-19)6-7-18(17)22-14-8-10-24(13-14)15-4-2-1-3-5-15/h1-7,9,11-12,14,22H,8,10,13H2,(H,21,23)/t14-/m1/s1. The van der Waals surface area contributed by atoms with E-state index in [1.165, 1.54) is 23.1 Å². The number of nitrogens with zero attached hydrogens (tertiary/aromatic N) is 2. The summed E-state index contributed by atoms with van der Waals surface area (Å²) in [6, 6.07) is 15.2. The van der Waals surface area contributed by atoms with Gasteiger partial charge in [0.15, 0.2) is 5.13 Å².